The molecule has 0 saturated carbocycles. The maximum absolute atomic E-state index is 13.0. The third-order valence-corrected chi connectivity index (χ3v) is 4.16. The van der Waals surface area contributed by atoms with Crippen LogP contribution in [0.5, 0.6) is 0 Å². The lowest BCUT2D eigenvalue weighted by Crippen LogP contribution is -2.42. The lowest BCUT2D eigenvalue weighted by molar-refractivity contribution is -0.128. The van der Waals surface area contributed by atoms with Crippen molar-refractivity contribution in [1.82, 2.24) is 4.90 Å². The van der Waals surface area contributed by atoms with Gasteiger partial charge in [0.15, 0.2) is 0 Å². The second-order valence-corrected chi connectivity index (χ2v) is 6.33. The van der Waals surface area contributed by atoms with E-state index in [0.29, 0.717) is 13.0 Å². The van der Waals surface area contributed by atoms with Crippen LogP contribution in [0.4, 0.5) is 5.69 Å². The van der Waals surface area contributed by atoms with Crippen molar-refractivity contribution in [3.8, 4) is 0 Å². The fourth-order valence-electron chi connectivity index (χ4n) is 2.76. The normalized spacial score (nSPS) is 16.4. The van der Waals surface area contributed by atoms with E-state index in [-0.39, 0.29) is 5.91 Å². The molecule has 1 heterocycles. The van der Waals surface area contributed by atoms with Crippen molar-refractivity contribution in [1.29, 1.82) is 0 Å². The van der Waals surface area contributed by atoms with Crippen molar-refractivity contribution < 1.29 is 9.63 Å². The summed E-state index contributed by atoms with van der Waals surface area (Å²) in [7, 11) is 3.99. The average molecular weight is 337 g/mol. The fraction of sp³-hybridized carbons (Fsp3) is 0.300. The van der Waals surface area contributed by atoms with Crippen LogP contribution in [0.3, 0.4) is 0 Å². The third kappa shape index (κ3) is 4.25. The van der Waals surface area contributed by atoms with E-state index in [1.165, 1.54) is 0 Å². The number of oxime groups is 1. The smallest absolute Gasteiger partial charge is 0.271 e. The van der Waals surface area contributed by atoms with Crippen LogP contribution in [-0.4, -0.2) is 49.8 Å². The number of benzene rings is 2. The van der Waals surface area contributed by atoms with Crippen LogP contribution in [0.1, 0.15) is 12.0 Å². The SMILES string of the molecule is CN(C)CCN(C(=O)C1CC(c2ccccc2)=NO1)c1ccccc1. The molecule has 1 aliphatic rings. The van der Waals surface area contributed by atoms with Crippen molar-refractivity contribution in [2.24, 2.45) is 5.16 Å². The summed E-state index contributed by atoms with van der Waals surface area (Å²) < 4.78 is 0. The first-order chi connectivity index (χ1) is 12.1. The zero-order chi connectivity index (χ0) is 17.6. The van der Waals surface area contributed by atoms with Crippen LogP contribution in [0, 0.1) is 0 Å². The standard InChI is InChI=1S/C20H23N3O2/c1-22(2)13-14-23(17-11-7-4-8-12-17)20(24)19-15-18(21-25-19)16-9-5-3-6-10-16/h3-12,19H,13-15H2,1-2H3. The Balaban J connectivity index is 1.73. The van der Waals surface area contributed by atoms with Crippen LogP contribution < -0.4 is 4.90 Å². The highest BCUT2D eigenvalue weighted by atomic mass is 16.6. The van der Waals surface area contributed by atoms with Gasteiger partial charge in [-0.3, -0.25) is 4.79 Å². The van der Waals surface area contributed by atoms with Crippen molar-refractivity contribution in [3.05, 3.63) is 66.2 Å². The van der Waals surface area contributed by atoms with E-state index < -0.39 is 6.10 Å². The first-order valence-corrected chi connectivity index (χ1v) is 8.44. The van der Waals surface area contributed by atoms with Gasteiger partial charge in [0, 0.05) is 25.2 Å². The molecule has 0 aromatic heterocycles. The van der Waals surface area contributed by atoms with E-state index in [0.717, 1.165) is 23.5 Å². The van der Waals surface area contributed by atoms with Crippen molar-refractivity contribution in [2.45, 2.75) is 12.5 Å². The molecule has 0 fully saturated rings. The van der Waals surface area contributed by atoms with Crippen LogP contribution in [0.15, 0.2) is 65.8 Å². The number of carbonyl (C=O) groups is 1. The van der Waals surface area contributed by atoms with Gasteiger partial charge in [-0.15, -0.1) is 0 Å². The zero-order valence-electron chi connectivity index (χ0n) is 14.6. The summed E-state index contributed by atoms with van der Waals surface area (Å²) in [5.74, 6) is -0.0530. The molecule has 25 heavy (non-hydrogen) atoms. The Hall–Kier alpha value is -2.66. The highest BCUT2D eigenvalue weighted by molar-refractivity contribution is 6.06. The molecule has 1 aliphatic heterocycles. The molecule has 3 rings (SSSR count). The van der Waals surface area contributed by atoms with Gasteiger partial charge in [0.2, 0.25) is 6.10 Å². The minimum atomic E-state index is -0.572. The van der Waals surface area contributed by atoms with Gasteiger partial charge in [0.25, 0.3) is 5.91 Å². The van der Waals surface area contributed by atoms with E-state index in [1.54, 1.807) is 4.90 Å². The Kier molecular flexibility index (Phi) is 5.46. The number of para-hydroxylation sites is 1. The maximum atomic E-state index is 13.0. The molecule has 2 aromatic carbocycles. The number of likely N-dealkylation sites (N-methyl/N-ethyl adjacent to an activating group) is 1. The van der Waals surface area contributed by atoms with E-state index in [2.05, 4.69) is 10.1 Å². The number of anilines is 1. The first kappa shape index (κ1) is 17.2. The van der Waals surface area contributed by atoms with E-state index in [1.807, 2.05) is 74.8 Å². The predicted molar refractivity (Wildman–Crippen MR) is 99.8 cm³/mol. The summed E-state index contributed by atoms with van der Waals surface area (Å²) in [5.41, 5.74) is 2.70. The van der Waals surface area contributed by atoms with Gasteiger partial charge >= 0.3 is 0 Å². The number of nitrogens with zero attached hydrogens (tertiary/aromatic N) is 3. The van der Waals surface area contributed by atoms with Crippen LogP contribution in [-0.2, 0) is 9.63 Å². The van der Waals surface area contributed by atoms with Crippen molar-refractivity contribution in [2.75, 3.05) is 32.1 Å². The predicted octanol–water partition coefficient (Wildman–Crippen LogP) is 2.77. The van der Waals surface area contributed by atoms with E-state index in [4.69, 9.17) is 4.84 Å². The van der Waals surface area contributed by atoms with Gasteiger partial charge in [-0.2, -0.15) is 0 Å². The molecule has 130 valence electrons. The zero-order valence-corrected chi connectivity index (χ0v) is 14.6. The molecule has 5 nitrogen and oxygen atoms in total. The number of hydrogen-bond donors (Lipinski definition) is 0. The second kappa shape index (κ2) is 7.94. The van der Waals surface area contributed by atoms with E-state index >= 15 is 0 Å². The van der Waals surface area contributed by atoms with Crippen LogP contribution >= 0.6 is 0 Å². The van der Waals surface area contributed by atoms with Gasteiger partial charge in [-0.1, -0.05) is 53.7 Å². The third-order valence-electron chi connectivity index (χ3n) is 4.16. The molecule has 1 amide bonds. The first-order valence-electron chi connectivity index (χ1n) is 8.44. The second-order valence-electron chi connectivity index (χ2n) is 6.33. The summed E-state index contributed by atoms with van der Waals surface area (Å²) in [4.78, 5) is 22.4. The molecule has 0 spiro atoms. The number of hydrogen-bond acceptors (Lipinski definition) is 4. The number of rotatable bonds is 6. The lowest BCUT2D eigenvalue weighted by Gasteiger charge is -2.26. The molecular formula is C20H23N3O2. The quantitative estimate of drug-likeness (QED) is 0.814. The number of amides is 1. The topological polar surface area (TPSA) is 45.1 Å². The van der Waals surface area contributed by atoms with Crippen LogP contribution in [0.2, 0.25) is 0 Å². The molecule has 2 aromatic rings. The molecular weight excluding hydrogens is 314 g/mol. The summed E-state index contributed by atoms with van der Waals surface area (Å²) in [6.07, 6.45) is -0.0775. The molecule has 1 atom stereocenters. The van der Waals surface area contributed by atoms with Crippen LogP contribution in [0.25, 0.3) is 0 Å². The Morgan fingerprint density at radius 2 is 1.68 bits per heavy atom. The summed E-state index contributed by atoms with van der Waals surface area (Å²) in [6.45, 7) is 1.39. The minimum Gasteiger partial charge on any atom is -0.382 e. The van der Waals surface area contributed by atoms with Gasteiger partial charge < -0.3 is 14.6 Å². The summed E-state index contributed by atoms with van der Waals surface area (Å²) >= 11 is 0. The van der Waals surface area contributed by atoms with Crippen molar-refractivity contribution >= 4 is 17.3 Å². The average Bonchev–Trinajstić information content (AvgIpc) is 3.13. The van der Waals surface area contributed by atoms with Gasteiger partial charge in [0.05, 0.1) is 5.71 Å². The molecule has 0 N–H and O–H groups in total. The molecule has 5 heteroatoms. The Bertz CT molecular complexity index is 729. The summed E-state index contributed by atoms with van der Waals surface area (Å²) in [5, 5.41) is 4.14. The largest absolute Gasteiger partial charge is 0.382 e. The molecule has 1 unspecified atom stereocenters. The molecule has 0 bridgehead atoms. The Morgan fingerprint density at radius 3 is 2.32 bits per heavy atom. The highest BCUT2D eigenvalue weighted by Crippen LogP contribution is 2.22. The monoisotopic (exact) mass is 337 g/mol. The minimum absolute atomic E-state index is 0.0530. The Labute approximate surface area is 148 Å². The van der Waals surface area contributed by atoms with Crippen molar-refractivity contribution in [3.63, 3.8) is 0 Å². The van der Waals surface area contributed by atoms with Gasteiger partial charge in [0.1, 0.15) is 0 Å². The highest BCUT2D eigenvalue weighted by Gasteiger charge is 2.33. The maximum Gasteiger partial charge on any atom is 0.271 e. The van der Waals surface area contributed by atoms with Gasteiger partial charge in [-0.05, 0) is 31.8 Å². The van der Waals surface area contributed by atoms with Gasteiger partial charge in [-0.25, -0.2) is 0 Å². The molecule has 0 saturated heterocycles. The molecule has 0 aliphatic carbocycles. The summed E-state index contributed by atoms with van der Waals surface area (Å²) in [6, 6.07) is 19.6. The Morgan fingerprint density at radius 1 is 1.04 bits per heavy atom. The fourth-order valence-corrected chi connectivity index (χ4v) is 2.76. The molecule has 0 radical (unpaired) electrons. The van der Waals surface area contributed by atoms with E-state index in [9.17, 15) is 4.79 Å². The number of carbonyl (C=O) groups excluding carboxylic acids is 1. The lowest BCUT2D eigenvalue weighted by atomic mass is 10.0.